The number of halogens is 1. The average Bonchev–Trinajstić information content (AvgIpc) is 2.41. The zero-order chi connectivity index (χ0) is 12.6. The van der Waals surface area contributed by atoms with Crippen LogP contribution < -0.4 is 5.73 Å². The van der Waals surface area contributed by atoms with Crippen molar-refractivity contribution in [3.05, 3.63) is 35.1 Å². The van der Waals surface area contributed by atoms with Crippen molar-refractivity contribution in [2.24, 2.45) is 11.7 Å². The van der Waals surface area contributed by atoms with Crippen LogP contribution in [0.2, 0.25) is 0 Å². The van der Waals surface area contributed by atoms with Gasteiger partial charge in [-0.25, -0.2) is 4.39 Å². The SMILES string of the molecule is NCC1CCc2ccc(F)cc2C12CCCCC2. The summed E-state index contributed by atoms with van der Waals surface area (Å²) in [5, 5.41) is 0. The molecule has 2 heteroatoms. The van der Waals surface area contributed by atoms with Gasteiger partial charge in [0.05, 0.1) is 0 Å². The van der Waals surface area contributed by atoms with Crippen molar-refractivity contribution in [1.29, 1.82) is 0 Å². The fourth-order valence-electron chi connectivity index (χ4n) is 4.26. The molecule has 1 fully saturated rings. The molecule has 1 unspecified atom stereocenters. The summed E-state index contributed by atoms with van der Waals surface area (Å²) in [7, 11) is 0. The molecular weight excluding hydrogens is 225 g/mol. The Morgan fingerprint density at radius 2 is 2.00 bits per heavy atom. The maximum Gasteiger partial charge on any atom is 0.123 e. The van der Waals surface area contributed by atoms with E-state index in [1.807, 2.05) is 6.07 Å². The van der Waals surface area contributed by atoms with Crippen molar-refractivity contribution in [3.8, 4) is 0 Å². The van der Waals surface area contributed by atoms with E-state index in [0.29, 0.717) is 5.92 Å². The van der Waals surface area contributed by atoms with Crippen LogP contribution in [-0.2, 0) is 11.8 Å². The van der Waals surface area contributed by atoms with E-state index in [9.17, 15) is 4.39 Å². The summed E-state index contributed by atoms with van der Waals surface area (Å²) in [4.78, 5) is 0. The zero-order valence-corrected chi connectivity index (χ0v) is 10.9. The summed E-state index contributed by atoms with van der Waals surface area (Å²) in [6.07, 6.45) is 8.51. The van der Waals surface area contributed by atoms with E-state index in [0.717, 1.165) is 13.0 Å². The van der Waals surface area contributed by atoms with E-state index in [1.165, 1.54) is 49.7 Å². The van der Waals surface area contributed by atoms with Crippen LogP contribution in [-0.4, -0.2) is 6.54 Å². The van der Waals surface area contributed by atoms with Crippen molar-refractivity contribution < 1.29 is 4.39 Å². The second-order valence-electron chi connectivity index (χ2n) is 5.99. The monoisotopic (exact) mass is 247 g/mol. The molecule has 98 valence electrons. The molecule has 1 aromatic carbocycles. The summed E-state index contributed by atoms with van der Waals surface area (Å²) in [6.45, 7) is 0.746. The van der Waals surface area contributed by atoms with Gasteiger partial charge in [0, 0.05) is 0 Å². The predicted octanol–water partition coefficient (Wildman–Crippen LogP) is 3.55. The number of aryl methyl sites for hydroxylation is 1. The van der Waals surface area contributed by atoms with Gasteiger partial charge >= 0.3 is 0 Å². The molecule has 1 saturated carbocycles. The number of rotatable bonds is 1. The highest BCUT2D eigenvalue weighted by Gasteiger charge is 2.44. The van der Waals surface area contributed by atoms with Gasteiger partial charge in [0.25, 0.3) is 0 Å². The molecule has 1 aromatic rings. The van der Waals surface area contributed by atoms with Crippen molar-refractivity contribution in [2.75, 3.05) is 6.54 Å². The minimum atomic E-state index is -0.0867. The zero-order valence-electron chi connectivity index (χ0n) is 10.9. The molecule has 2 N–H and O–H groups in total. The van der Waals surface area contributed by atoms with E-state index in [1.54, 1.807) is 12.1 Å². The first-order chi connectivity index (χ1) is 8.76. The molecule has 0 radical (unpaired) electrons. The molecule has 0 aromatic heterocycles. The van der Waals surface area contributed by atoms with Crippen LogP contribution in [0.1, 0.15) is 49.7 Å². The maximum atomic E-state index is 13.6. The van der Waals surface area contributed by atoms with E-state index >= 15 is 0 Å². The molecule has 3 rings (SSSR count). The third kappa shape index (κ3) is 1.78. The largest absolute Gasteiger partial charge is 0.330 e. The van der Waals surface area contributed by atoms with Gasteiger partial charge in [0.2, 0.25) is 0 Å². The molecule has 1 spiro atoms. The molecule has 1 nitrogen and oxygen atoms in total. The Morgan fingerprint density at radius 1 is 1.22 bits per heavy atom. The number of nitrogens with two attached hydrogens (primary N) is 1. The minimum Gasteiger partial charge on any atom is -0.330 e. The predicted molar refractivity (Wildman–Crippen MR) is 72.0 cm³/mol. The van der Waals surface area contributed by atoms with Gasteiger partial charge in [0.1, 0.15) is 5.82 Å². The second-order valence-corrected chi connectivity index (χ2v) is 5.99. The second kappa shape index (κ2) is 4.65. The lowest BCUT2D eigenvalue weighted by Gasteiger charge is -2.48. The first kappa shape index (κ1) is 12.2. The quantitative estimate of drug-likeness (QED) is 0.807. The third-order valence-electron chi connectivity index (χ3n) is 5.18. The lowest BCUT2D eigenvalue weighted by atomic mass is 9.57. The van der Waals surface area contributed by atoms with Crippen LogP contribution >= 0.6 is 0 Å². The molecule has 2 aliphatic rings. The Hall–Kier alpha value is -0.890. The summed E-state index contributed by atoms with van der Waals surface area (Å²) >= 11 is 0. The van der Waals surface area contributed by atoms with Gasteiger partial charge in [0.15, 0.2) is 0 Å². The Morgan fingerprint density at radius 3 is 2.72 bits per heavy atom. The van der Waals surface area contributed by atoms with Gasteiger partial charge in [-0.3, -0.25) is 0 Å². The molecule has 0 amide bonds. The van der Waals surface area contributed by atoms with Crippen molar-refractivity contribution in [3.63, 3.8) is 0 Å². The fraction of sp³-hybridized carbons (Fsp3) is 0.625. The Balaban J connectivity index is 2.10. The lowest BCUT2D eigenvalue weighted by Crippen LogP contribution is -2.44. The molecule has 0 saturated heterocycles. The summed E-state index contributed by atoms with van der Waals surface area (Å²) < 4.78 is 13.6. The van der Waals surface area contributed by atoms with Gasteiger partial charge in [-0.15, -0.1) is 0 Å². The number of fused-ring (bicyclic) bond motifs is 2. The molecular formula is C16H22FN. The minimum absolute atomic E-state index is 0.0867. The number of hydrogen-bond donors (Lipinski definition) is 1. The summed E-state index contributed by atoms with van der Waals surface area (Å²) in [6, 6.07) is 5.40. The molecule has 0 heterocycles. The molecule has 2 aliphatic carbocycles. The number of benzene rings is 1. The van der Waals surface area contributed by atoms with Gasteiger partial charge in [-0.05, 0) is 66.8 Å². The van der Waals surface area contributed by atoms with E-state index in [-0.39, 0.29) is 11.2 Å². The lowest BCUT2D eigenvalue weighted by molar-refractivity contribution is 0.171. The first-order valence-electron chi connectivity index (χ1n) is 7.25. The Bertz CT molecular complexity index is 435. The fourth-order valence-corrected chi connectivity index (χ4v) is 4.26. The van der Waals surface area contributed by atoms with Gasteiger partial charge < -0.3 is 5.73 Å². The smallest absolute Gasteiger partial charge is 0.123 e. The maximum absolute atomic E-state index is 13.6. The van der Waals surface area contributed by atoms with Crippen LogP contribution in [0.3, 0.4) is 0 Å². The number of hydrogen-bond acceptors (Lipinski definition) is 1. The highest BCUT2D eigenvalue weighted by atomic mass is 19.1. The molecule has 18 heavy (non-hydrogen) atoms. The van der Waals surface area contributed by atoms with Crippen LogP contribution in [0.5, 0.6) is 0 Å². The van der Waals surface area contributed by atoms with Crippen molar-refractivity contribution in [1.82, 2.24) is 0 Å². The van der Waals surface area contributed by atoms with Crippen LogP contribution in [0.4, 0.5) is 4.39 Å². The van der Waals surface area contributed by atoms with E-state index in [2.05, 4.69) is 0 Å². The van der Waals surface area contributed by atoms with E-state index in [4.69, 9.17) is 5.73 Å². The summed E-state index contributed by atoms with van der Waals surface area (Å²) in [5.41, 5.74) is 8.84. The standard InChI is InChI=1S/C16H22FN/c17-14-7-5-12-4-6-13(11-18)16(15(12)10-14)8-2-1-3-9-16/h5,7,10,13H,1-4,6,8-9,11,18H2. The topological polar surface area (TPSA) is 26.0 Å². The third-order valence-corrected chi connectivity index (χ3v) is 5.18. The van der Waals surface area contributed by atoms with Crippen LogP contribution in [0.15, 0.2) is 18.2 Å². The molecule has 0 bridgehead atoms. The van der Waals surface area contributed by atoms with E-state index < -0.39 is 0 Å². The van der Waals surface area contributed by atoms with Crippen molar-refractivity contribution in [2.45, 2.75) is 50.4 Å². The first-order valence-corrected chi connectivity index (χ1v) is 7.25. The van der Waals surface area contributed by atoms with Crippen LogP contribution in [0, 0.1) is 11.7 Å². The van der Waals surface area contributed by atoms with Crippen molar-refractivity contribution >= 4 is 0 Å². The molecule has 1 atom stereocenters. The Kier molecular flexibility index (Phi) is 3.14. The Labute approximate surface area is 109 Å². The van der Waals surface area contributed by atoms with Gasteiger partial charge in [-0.2, -0.15) is 0 Å². The highest BCUT2D eigenvalue weighted by Crippen LogP contribution is 2.50. The van der Waals surface area contributed by atoms with Gasteiger partial charge in [-0.1, -0.05) is 25.3 Å². The van der Waals surface area contributed by atoms with Crippen LogP contribution in [0.25, 0.3) is 0 Å². The molecule has 0 aliphatic heterocycles. The normalized spacial score (nSPS) is 26.0. The average molecular weight is 247 g/mol. The highest BCUT2D eigenvalue weighted by molar-refractivity contribution is 5.39. The summed E-state index contributed by atoms with van der Waals surface area (Å²) in [5.74, 6) is 0.462.